The van der Waals surface area contributed by atoms with Crippen LogP contribution >= 0.6 is 0 Å². The predicted molar refractivity (Wildman–Crippen MR) is 92.1 cm³/mol. The second-order valence-corrected chi connectivity index (χ2v) is 6.64. The van der Waals surface area contributed by atoms with Crippen molar-refractivity contribution in [2.24, 2.45) is 0 Å². The van der Waals surface area contributed by atoms with Gasteiger partial charge in [0.2, 0.25) is 0 Å². The first-order chi connectivity index (χ1) is 11.7. The lowest BCUT2D eigenvalue weighted by atomic mass is 10.1. The van der Waals surface area contributed by atoms with E-state index in [1.807, 2.05) is 10.9 Å². The van der Waals surface area contributed by atoms with Crippen LogP contribution in [0.1, 0.15) is 34.9 Å². The number of aromatic amines is 1. The number of aromatic nitrogens is 5. The molecule has 0 spiro atoms. The Morgan fingerprint density at radius 3 is 2.79 bits per heavy atom. The zero-order valence-electron chi connectivity index (χ0n) is 14.1. The molecule has 6 nitrogen and oxygen atoms in total. The highest BCUT2D eigenvalue weighted by Gasteiger charge is 2.26. The molecule has 1 aliphatic heterocycles. The molecule has 0 aliphatic carbocycles. The quantitative estimate of drug-likeness (QED) is 0.802. The van der Waals surface area contributed by atoms with Gasteiger partial charge in [0.25, 0.3) is 0 Å². The van der Waals surface area contributed by atoms with Gasteiger partial charge in [-0.1, -0.05) is 17.7 Å². The first-order valence-electron chi connectivity index (χ1n) is 8.39. The smallest absolute Gasteiger partial charge is 0.0868 e. The monoisotopic (exact) mass is 322 g/mol. The molecule has 1 atom stereocenters. The topological polar surface area (TPSA) is 62.6 Å². The van der Waals surface area contributed by atoms with Crippen molar-refractivity contribution in [2.45, 2.75) is 32.7 Å². The number of likely N-dealkylation sites (tertiary alicyclic amines) is 1. The summed E-state index contributed by atoms with van der Waals surface area (Å²) in [7, 11) is 0. The van der Waals surface area contributed by atoms with Gasteiger partial charge >= 0.3 is 0 Å². The number of hydrogen-bond acceptors (Lipinski definition) is 4. The number of rotatable bonds is 4. The molecule has 1 aliphatic rings. The van der Waals surface area contributed by atoms with Crippen LogP contribution < -0.4 is 0 Å². The normalized spacial score (nSPS) is 18.3. The van der Waals surface area contributed by atoms with Gasteiger partial charge in [0.05, 0.1) is 23.3 Å². The van der Waals surface area contributed by atoms with Crippen LogP contribution in [0.4, 0.5) is 0 Å². The van der Waals surface area contributed by atoms with Crippen molar-refractivity contribution in [1.29, 1.82) is 0 Å². The summed E-state index contributed by atoms with van der Waals surface area (Å²) >= 11 is 0. The van der Waals surface area contributed by atoms with Gasteiger partial charge < -0.3 is 0 Å². The Labute approximate surface area is 141 Å². The van der Waals surface area contributed by atoms with Gasteiger partial charge in [0.1, 0.15) is 0 Å². The van der Waals surface area contributed by atoms with Gasteiger partial charge in [-0.15, -0.1) is 0 Å². The van der Waals surface area contributed by atoms with Gasteiger partial charge in [0.15, 0.2) is 0 Å². The number of aryl methyl sites for hydroxylation is 2. The summed E-state index contributed by atoms with van der Waals surface area (Å²) in [6.07, 6.45) is 5.13. The molecular formula is C18H22N6. The fourth-order valence-corrected chi connectivity index (χ4v) is 3.35. The van der Waals surface area contributed by atoms with Gasteiger partial charge in [0, 0.05) is 30.8 Å². The van der Waals surface area contributed by atoms with Gasteiger partial charge in [-0.05, 0) is 38.9 Å². The summed E-state index contributed by atoms with van der Waals surface area (Å²) in [5.74, 6) is 0.483. The molecule has 3 aromatic rings. The molecule has 0 radical (unpaired) electrons. The summed E-state index contributed by atoms with van der Waals surface area (Å²) in [6.45, 7) is 7.24. The summed E-state index contributed by atoms with van der Waals surface area (Å²) in [6, 6.07) is 8.47. The molecule has 2 aromatic heterocycles. The first-order valence-corrected chi connectivity index (χ1v) is 8.39. The number of H-pyrrole nitrogens is 1. The molecule has 0 bridgehead atoms. The van der Waals surface area contributed by atoms with Crippen LogP contribution in [0, 0.1) is 13.8 Å². The van der Waals surface area contributed by atoms with Gasteiger partial charge in [-0.3, -0.25) is 4.90 Å². The number of nitrogens with zero attached hydrogens (tertiary/aromatic N) is 5. The fourth-order valence-electron chi connectivity index (χ4n) is 3.35. The van der Waals surface area contributed by atoms with Crippen molar-refractivity contribution in [1.82, 2.24) is 30.1 Å². The summed E-state index contributed by atoms with van der Waals surface area (Å²) < 4.78 is 1.98. The molecule has 1 unspecified atom stereocenters. The Balaban J connectivity index is 1.46. The largest absolute Gasteiger partial charge is 0.298 e. The van der Waals surface area contributed by atoms with E-state index in [1.54, 1.807) is 0 Å². The Kier molecular flexibility index (Phi) is 3.90. The third-order valence-corrected chi connectivity index (χ3v) is 4.82. The minimum atomic E-state index is 0.483. The second-order valence-electron chi connectivity index (χ2n) is 6.64. The Bertz CT molecular complexity index is 803. The van der Waals surface area contributed by atoms with Crippen LogP contribution in [-0.4, -0.2) is 43.2 Å². The fraction of sp³-hybridized carbons (Fsp3) is 0.389. The van der Waals surface area contributed by atoms with E-state index >= 15 is 0 Å². The molecule has 24 heavy (non-hydrogen) atoms. The summed E-state index contributed by atoms with van der Waals surface area (Å²) in [5.41, 5.74) is 5.83. The molecule has 1 N–H and O–H groups in total. The van der Waals surface area contributed by atoms with Crippen LogP contribution in [0.2, 0.25) is 0 Å². The Morgan fingerprint density at radius 2 is 2.04 bits per heavy atom. The molecule has 0 amide bonds. The third kappa shape index (κ3) is 2.97. The van der Waals surface area contributed by atoms with Crippen LogP contribution in [0.5, 0.6) is 0 Å². The highest BCUT2D eigenvalue weighted by molar-refractivity contribution is 5.35. The van der Waals surface area contributed by atoms with Crippen molar-refractivity contribution in [2.75, 3.05) is 13.1 Å². The summed E-state index contributed by atoms with van der Waals surface area (Å²) in [5, 5.41) is 15.6. The standard InChI is InChI=1S/C18H22N6/c1-13-3-5-17(6-4-13)24-12-16(14(2)21-24)11-23-8-7-15(10-23)18-9-19-22-20-18/h3-6,9,12,15H,7-8,10-11H2,1-2H3,(H,19,20,22). The van der Waals surface area contributed by atoms with E-state index in [0.717, 1.165) is 43.1 Å². The molecule has 6 heteroatoms. The van der Waals surface area contributed by atoms with Crippen molar-refractivity contribution in [3.05, 3.63) is 59.2 Å². The summed E-state index contributed by atoms with van der Waals surface area (Å²) in [4.78, 5) is 2.48. The number of hydrogen-bond donors (Lipinski definition) is 1. The van der Waals surface area contributed by atoms with E-state index < -0.39 is 0 Å². The highest BCUT2D eigenvalue weighted by Crippen LogP contribution is 2.26. The van der Waals surface area contributed by atoms with Gasteiger partial charge in [-0.2, -0.15) is 20.5 Å². The van der Waals surface area contributed by atoms with E-state index in [1.165, 1.54) is 11.1 Å². The molecule has 124 valence electrons. The molecule has 0 saturated carbocycles. The predicted octanol–water partition coefficient (Wildman–Crippen LogP) is 2.60. The maximum absolute atomic E-state index is 4.68. The van der Waals surface area contributed by atoms with Crippen LogP contribution in [0.3, 0.4) is 0 Å². The Hall–Kier alpha value is -2.47. The van der Waals surface area contributed by atoms with E-state index in [4.69, 9.17) is 0 Å². The minimum Gasteiger partial charge on any atom is -0.298 e. The molecular weight excluding hydrogens is 300 g/mol. The van der Waals surface area contributed by atoms with Crippen molar-refractivity contribution in [3.8, 4) is 5.69 Å². The Morgan fingerprint density at radius 1 is 1.21 bits per heavy atom. The maximum atomic E-state index is 4.68. The molecule has 1 saturated heterocycles. The molecule has 1 aromatic carbocycles. The lowest BCUT2D eigenvalue weighted by Gasteiger charge is -2.14. The lowest BCUT2D eigenvalue weighted by molar-refractivity contribution is 0.325. The molecule has 4 rings (SSSR count). The lowest BCUT2D eigenvalue weighted by Crippen LogP contribution is -2.20. The van der Waals surface area contributed by atoms with Crippen LogP contribution in [0.15, 0.2) is 36.7 Å². The third-order valence-electron chi connectivity index (χ3n) is 4.82. The maximum Gasteiger partial charge on any atom is 0.0868 e. The average molecular weight is 322 g/mol. The van der Waals surface area contributed by atoms with Gasteiger partial charge in [-0.25, -0.2) is 4.68 Å². The molecule has 1 fully saturated rings. The van der Waals surface area contributed by atoms with Crippen molar-refractivity contribution < 1.29 is 0 Å². The van der Waals surface area contributed by atoms with Crippen molar-refractivity contribution >= 4 is 0 Å². The van der Waals surface area contributed by atoms with E-state index in [2.05, 4.69) is 69.7 Å². The van der Waals surface area contributed by atoms with Crippen LogP contribution in [0.25, 0.3) is 5.69 Å². The van der Waals surface area contributed by atoms with Crippen molar-refractivity contribution in [3.63, 3.8) is 0 Å². The number of nitrogens with one attached hydrogen (secondary N) is 1. The average Bonchev–Trinajstić information content (AvgIpc) is 3.30. The first kappa shape index (κ1) is 15.1. The van der Waals surface area contributed by atoms with E-state index in [9.17, 15) is 0 Å². The van der Waals surface area contributed by atoms with Crippen LogP contribution in [-0.2, 0) is 6.54 Å². The molecule has 3 heterocycles. The van der Waals surface area contributed by atoms with E-state index in [-0.39, 0.29) is 0 Å². The number of benzene rings is 1. The highest BCUT2D eigenvalue weighted by atomic mass is 15.3. The second kappa shape index (κ2) is 6.20. The minimum absolute atomic E-state index is 0.483. The SMILES string of the molecule is Cc1ccc(-n2cc(CN3CCC(c4cn[nH]n4)C3)c(C)n2)cc1. The zero-order valence-corrected chi connectivity index (χ0v) is 14.1. The zero-order chi connectivity index (χ0) is 16.5. The van der Waals surface area contributed by atoms with E-state index in [0.29, 0.717) is 5.92 Å².